The fraction of sp³-hybridized carbons (Fsp3) is 0.0455. The second-order valence-corrected chi connectivity index (χ2v) is 7.16. The van der Waals surface area contributed by atoms with E-state index in [2.05, 4.69) is 5.32 Å². The third-order valence-corrected chi connectivity index (χ3v) is 5.20. The molecule has 0 aliphatic carbocycles. The van der Waals surface area contributed by atoms with Crippen molar-refractivity contribution in [1.82, 2.24) is 0 Å². The van der Waals surface area contributed by atoms with E-state index >= 15 is 0 Å². The highest BCUT2D eigenvalue weighted by Crippen LogP contribution is 2.33. The van der Waals surface area contributed by atoms with Gasteiger partial charge in [0, 0.05) is 11.6 Å². The molecule has 0 unspecified atom stereocenters. The molecular formula is C22H14ClN3O6. The van der Waals surface area contributed by atoms with Crippen LogP contribution in [0.25, 0.3) is 0 Å². The van der Waals surface area contributed by atoms with E-state index in [1.54, 1.807) is 24.3 Å². The summed E-state index contributed by atoms with van der Waals surface area (Å²) in [5.41, 5.74) is 0.721. The predicted molar refractivity (Wildman–Crippen MR) is 117 cm³/mol. The van der Waals surface area contributed by atoms with Crippen LogP contribution in [0.1, 0.15) is 31.1 Å². The molecule has 0 saturated heterocycles. The van der Waals surface area contributed by atoms with Crippen molar-refractivity contribution in [3.05, 3.63) is 92.5 Å². The van der Waals surface area contributed by atoms with Crippen molar-refractivity contribution in [2.75, 3.05) is 17.3 Å². The van der Waals surface area contributed by atoms with Crippen LogP contribution in [0.5, 0.6) is 5.75 Å². The summed E-state index contributed by atoms with van der Waals surface area (Å²) in [6.45, 7) is 0. The molecule has 3 aromatic rings. The molecule has 1 N–H and O–H groups in total. The number of rotatable bonds is 5. The van der Waals surface area contributed by atoms with Crippen molar-refractivity contribution in [2.45, 2.75) is 0 Å². The van der Waals surface area contributed by atoms with Crippen LogP contribution in [0, 0.1) is 10.1 Å². The van der Waals surface area contributed by atoms with Gasteiger partial charge in [-0.05, 0) is 42.5 Å². The Labute approximate surface area is 186 Å². The van der Waals surface area contributed by atoms with Gasteiger partial charge in [-0.25, -0.2) is 4.90 Å². The van der Waals surface area contributed by atoms with Crippen molar-refractivity contribution in [3.8, 4) is 5.75 Å². The van der Waals surface area contributed by atoms with E-state index in [9.17, 15) is 24.5 Å². The zero-order valence-corrected chi connectivity index (χ0v) is 17.3. The number of ether oxygens (including phenoxy) is 1. The number of nitrogens with zero attached hydrogens (tertiary/aromatic N) is 2. The number of imide groups is 1. The summed E-state index contributed by atoms with van der Waals surface area (Å²) in [5, 5.41) is 13.8. The highest BCUT2D eigenvalue weighted by atomic mass is 35.5. The molecule has 160 valence electrons. The summed E-state index contributed by atoms with van der Waals surface area (Å²) in [6.07, 6.45) is 0. The third kappa shape index (κ3) is 3.54. The highest BCUT2D eigenvalue weighted by molar-refractivity contribution is 6.37. The van der Waals surface area contributed by atoms with Crippen molar-refractivity contribution in [1.29, 1.82) is 0 Å². The molecule has 1 aliphatic rings. The molecule has 0 radical (unpaired) electrons. The number of hydrogen-bond acceptors (Lipinski definition) is 6. The lowest BCUT2D eigenvalue weighted by Gasteiger charge is -2.16. The van der Waals surface area contributed by atoms with Gasteiger partial charge in [-0.15, -0.1) is 0 Å². The van der Waals surface area contributed by atoms with Crippen LogP contribution < -0.4 is 15.0 Å². The zero-order chi connectivity index (χ0) is 23.0. The smallest absolute Gasteiger partial charge is 0.311 e. The minimum Gasteiger partial charge on any atom is -0.490 e. The molecule has 0 aromatic heterocycles. The number of halogens is 1. The maximum atomic E-state index is 12.6. The van der Waals surface area contributed by atoms with Crippen LogP contribution in [0.15, 0.2) is 60.7 Å². The lowest BCUT2D eigenvalue weighted by Crippen LogP contribution is -2.29. The number of amides is 3. The van der Waals surface area contributed by atoms with Crippen LogP contribution in [0.3, 0.4) is 0 Å². The minimum absolute atomic E-state index is 0.0230. The van der Waals surface area contributed by atoms with Gasteiger partial charge in [0.25, 0.3) is 17.7 Å². The Morgan fingerprint density at radius 2 is 1.69 bits per heavy atom. The fourth-order valence-corrected chi connectivity index (χ4v) is 3.56. The first-order valence-electron chi connectivity index (χ1n) is 9.23. The molecular weight excluding hydrogens is 438 g/mol. The van der Waals surface area contributed by atoms with Crippen molar-refractivity contribution in [3.63, 3.8) is 0 Å². The lowest BCUT2D eigenvalue weighted by atomic mass is 10.1. The van der Waals surface area contributed by atoms with Crippen molar-refractivity contribution >= 4 is 46.4 Å². The van der Waals surface area contributed by atoms with Gasteiger partial charge in [0.1, 0.15) is 0 Å². The van der Waals surface area contributed by atoms with Crippen LogP contribution in [-0.4, -0.2) is 29.8 Å². The number of nitrogens with one attached hydrogen (secondary N) is 1. The highest BCUT2D eigenvalue weighted by Gasteiger charge is 2.36. The minimum atomic E-state index is -0.653. The van der Waals surface area contributed by atoms with Crippen LogP contribution in [-0.2, 0) is 0 Å². The second kappa shape index (κ2) is 8.12. The van der Waals surface area contributed by atoms with E-state index in [1.165, 1.54) is 37.4 Å². The van der Waals surface area contributed by atoms with Crippen LogP contribution >= 0.6 is 11.6 Å². The summed E-state index contributed by atoms with van der Waals surface area (Å²) < 4.78 is 4.93. The number of anilines is 2. The molecule has 3 aromatic carbocycles. The fourth-order valence-electron chi connectivity index (χ4n) is 3.34. The van der Waals surface area contributed by atoms with Gasteiger partial charge >= 0.3 is 5.69 Å². The normalized spacial score (nSPS) is 12.5. The second-order valence-electron chi connectivity index (χ2n) is 6.75. The van der Waals surface area contributed by atoms with Crippen molar-refractivity contribution in [2.24, 2.45) is 0 Å². The van der Waals surface area contributed by atoms with Gasteiger partial charge in [-0.3, -0.25) is 24.5 Å². The van der Waals surface area contributed by atoms with Gasteiger partial charge in [0.2, 0.25) is 0 Å². The summed E-state index contributed by atoms with van der Waals surface area (Å²) in [7, 11) is 1.29. The average molecular weight is 452 g/mol. The number of nitro groups is 1. The van der Waals surface area contributed by atoms with Gasteiger partial charge in [-0.2, -0.15) is 0 Å². The van der Waals surface area contributed by atoms with E-state index < -0.39 is 22.6 Å². The molecule has 0 fully saturated rings. The number of methoxy groups -OCH3 is 1. The van der Waals surface area contributed by atoms with Crippen LogP contribution in [0.4, 0.5) is 17.1 Å². The molecule has 1 heterocycles. The van der Waals surface area contributed by atoms with E-state index in [0.717, 1.165) is 11.0 Å². The molecule has 0 saturated carbocycles. The summed E-state index contributed by atoms with van der Waals surface area (Å²) in [6, 6.07) is 14.6. The topological polar surface area (TPSA) is 119 Å². The Morgan fingerprint density at radius 1 is 1.03 bits per heavy atom. The maximum Gasteiger partial charge on any atom is 0.311 e. The Balaban J connectivity index is 1.58. The summed E-state index contributed by atoms with van der Waals surface area (Å²) in [4.78, 5) is 49.4. The number of benzene rings is 3. The standard InChI is InChI=1S/C22H14ClN3O6/c1-32-19-9-6-12(10-18(19)26(30)31)20(27)24-17-8-7-13(11-16(17)23)25-21(28)14-4-2-3-5-15(14)22(25)29/h2-11H,1H3,(H,24,27). The van der Waals surface area contributed by atoms with E-state index in [4.69, 9.17) is 16.3 Å². The van der Waals surface area contributed by atoms with E-state index in [1.807, 2.05) is 0 Å². The SMILES string of the molecule is COc1ccc(C(=O)Nc2ccc(N3C(=O)c4ccccc4C3=O)cc2Cl)cc1[N+](=O)[O-]. The molecule has 4 rings (SSSR count). The Hall–Kier alpha value is -4.24. The average Bonchev–Trinajstić information content (AvgIpc) is 3.05. The molecule has 0 bridgehead atoms. The number of fused-ring (bicyclic) bond motifs is 1. The Kier molecular flexibility index (Phi) is 5.33. The Morgan fingerprint density at radius 3 is 2.25 bits per heavy atom. The first-order chi connectivity index (χ1) is 15.3. The summed E-state index contributed by atoms with van der Waals surface area (Å²) in [5.74, 6) is -1.55. The molecule has 3 amide bonds. The largest absolute Gasteiger partial charge is 0.490 e. The quantitative estimate of drug-likeness (QED) is 0.350. The number of nitro benzene ring substituents is 1. The monoisotopic (exact) mass is 451 g/mol. The number of carbonyl (C=O) groups is 3. The van der Waals surface area contributed by atoms with Gasteiger partial charge in [-0.1, -0.05) is 23.7 Å². The number of carbonyl (C=O) groups excluding carboxylic acids is 3. The Bertz CT molecular complexity index is 1270. The van der Waals surface area contributed by atoms with E-state index in [0.29, 0.717) is 11.1 Å². The van der Waals surface area contributed by atoms with Crippen molar-refractivity contribution < 1.29 is 24.0 Å². The molecule has 0 atom stereocenters. The van der Waals surface area contributed by atoms with Gasteiger partial charge in [0.05, 0.1) is 39.6 Å². The lowest BCUT2D eigenvalue weighted by molar-refractivity contribution is -0.385. The van der Waals surface area contributed by atoms with Gasteiger partial charge < -0.3 is 10.1 Å². The zero-order valence-electron chi connectivity index (χ0n) is 16.5. The molecule has 10 heteroatoms. The number of hydrogen-bond donors (Lipinski definition) is 1. The van der Waals surface area contributed by atoms with Gasteiger partial charge in [0.15, 0.2) is 5.75 Å². The third-order valence-electron chi connectivity index (χ3n) is 4.89. The summed E-state index contributed by atoms with van der Waals surface area (Å²) >= 11 is 6.28. The van der Waals surface area contributed by atoms with E-state index in [-0.39, 0.29) is 33.4 Å². The molecule has 32 heavy (non-hydrogen) atoms. The molecule has 1 aliphatic heterocycles. The first-order valence-corrected chi connectivity index (χ1v) is 9.60. The van der Waals surface area contributed by atoms with Crippen LogP contribution in [0.2, 0.25) is 5.02 Å². The predicted octanol–water partition coefficient (Wildman–Crippen LogP) is 4.31. The maximum absolute atomic E-state index is 12.6. The molecule has 0 spiro atoms. The first kappa shape index (κ1) is 21.0. The molecule has 9 nitrogen and oxygen atoms in total.